The van der Waals surface area contributed by atoms with Crippen LogP contribution >= 0.6 is 0 Å². The molecule has 3 atom stereocenters. The molecule has 3 unspecified atom stereocenters. The first-order chi connectivity index (χ1) is 9.51. The maximum atomic E-state index is 10.5. The minimum atomic E-state index is -0.751. The quantitative estimate of drug-likeness (QED) is 0.659. The van der Waals surface area contributed by atoms with Crippen molar-refractivity contribution < 1.29 is 24.1 Å². The molecular weight excluding hydrogens is 260 g/mol. The van der Waals surface area contributed by atoms with Crippen molar-refractivity contribution in [2.24, 2.45) is 5.92 Å². The second kappa shape index (κ2) is 8.19. The van der Waals surface area contributed by atoms with Gasteiger partial charge in [0.2, 0.25) is 0 Å². The van der Waals surface area contributed by atoms with Gasteiger partial charge in [-0.05, 0) is 30.9 Å². The van der Waals surface area contributed by atoms with E-state index >= 15 is 0 Å². The number of aliphatic carboxylic acids is 1. The number of carbonyl (C=O) groups is 1. The van der Waals surface area contributed by atoms with Gasteiger partial charge in [-0.25, -0.2) is 0 Å². The molecule has 1 N–H and O–H groups in total. The van der Waals surface area contributed by atoms with Gasteiger partial charge in [0.05, 0.1) is 0 Å². The van der Waals surface area contributed by atoms with E-state index in [1.165, 1.54) is 0 Å². The van der Waals surface area contributed by atoms with Gasteiger partial charge in [0.15, 0.2) is 12.1 Å². The molecule has 0 spiro atoms. The Morgan fingerprint density at radius 1 is 1.55 bits per heavy atom. The predicted octanol–water partition coefficient (Wildman–Crippen LogP) is 2.73. The number of allylic oxidation sites excluding steroid dienone is 2. The molecule has 1 rings (SSSR count). The van der Waals surface area contributed by atoms with Crippen LogP contribution in [-0.2, 0) is 19.0 Å². The van der Waals surface area contributed by atoms with E-state index in [9.17, 15) is 4.79 Å². The predicted molar refractivity (Wildman–Crippen MR) is 75.2 cm³/mol. The fourth-order valence-electron chi connectivity index (χ4n) is 2.05. The Labute approximate surface area is 120 Å². The van der Waals surface area contributed by atoms with Crippen LogP contribution in [0.25, 0.3) is 0 Å². The smallest absolute Gasteiger partial charge is 0.303 e. The summed E-state index contributed by atoms with van der Waals surface area (Å²) in [6.45, 7) is 2.01. The van der Waals surface area contributed by atoms with Crippen molar-refractivity contribution in [3.8, 4) is 0 Å². The van der Waals surface area contributed by atoms with Crippen molar-refractivity contribution >= 4 is 5.97 Å². The number of hydrogen-bond donors (Lipinski definition) is 1. The molecule has 0 amide bonds. The van der Waals surface area contributed by atoms with Crippen molar-refractivity contribution in [2.45, 2.75) is 44.7 Å². The summed E-state index contributed by atoms with van der Waals surface area (Å²) >= 11 is 0. The monoisotopic (exact) mass is 284 g/mol. The second-order valence-electron chi connectivity index (χ2n) is 4.97. The van der Waals surface area contributed by atoms with Crippen LogP contribution in [0.4, 0.5) is 0 Å². The lowest BCUT2D eigenvalue weighted by molar-refractivity contribution is -0.244. The standard InChI is InChI=1S/C15H24O5/c1-12(7-8-13(16)17)6-4-5-10-15(19-3)11-9-14(18-2)20-15/h4,6,9,11-12,14H,5,7-8,10H2,1-3H3,(H,16,17)/b6-4-. The number of carboxylic acid groups (broad SMARTS) is 1. The molecule has 0 aromatic heterocycles. The zero-order chi connectivity index (χ0) is 15.0. The van der Waals surface area contributed by atoms with Gasteiger partial charge in [0.1, 0.15) is 0 Å². The highest BCUT2D eigenvalue weighted by atomic mass is 16.8. The van der Waals surface area contributed by atoms with Crippen molar-refractivity contribution in [1.29, 1.82) is 0 Å². The Morgan fingerprint density at radius 2 is 2.30 bits per heavy atom. The van der Waals surface area contributed by atoms with Gasteiger partial charge < -0.3 is 19.3 Å². The molecule has 0 radical (unpaired) electrons. The molecule has 1 aliphatic heterocycles. The minimum absolute atomic E-state index is 0.203. The first kappa shape index (κ1) is 16.9. The maximum Gasteiger partial charge on any atom is 0.303 e. The van der Waals surface area contributed by atoms with Gasteiger partial charge >= 0.3 is 5.97 Å². The Bertz CT molecular complexity index is 363. The second-order valence-corrected chi connectivity index (χ2v) is 4.97. The lowest BCUT2D eigenvalue weighted by Gasteiger charge is -2.26. The first-order valence-corrected chi connectivity index (χ1v) is 6.85. The normalized spacial score (nSPS) is 27.2. The van der Waals surface area contributed by atoms with Crippen LogP contribution in [-0.4, -0.2) is 37.4 Å². The van der Waals surface area contributed by atoms with Crippen molar-refractivity contribution in [3.05, 3.63) is 24.3 Å². The molecule has 0 aromatic carbocycles. The third kappa shape index (κ3) is 5.45. The minimum Gasteiger partial charge on any atom is -0.481 e. The molecule has 1 aliphatic rings. The van der Waals surface area contributed by atoms with Crippen molar-refractivity contribution in [1.82, 2.24) is 0 Å². The van der Waals surface area contributed by atoms with E-state index in [0.717, 1.165) is 6.42 Å². The number of ether oxygens (including phenoxy) is 3. The summed E-state index contributed by atoms with van der Waals surface area (Å²) in [4.78, 5) is 10.5. The van der Waals surface area contributed by atoms with Crippen LogP contribution in [0.2, 0.25) is 0 Å². The highest BCUT2D eigenvalue weighted by molar-refractivity contribution is 5.66. The van der Waals surface area contributed by atoms with E-state index in [-0.39, 0.29) is 18.6 Å². The molecule has 20 heavy (non-hydrogen) atoms. The SMILES string of the molecule is COC1C=CC(CC/C=C\C(C)CCC(=O)O)(OC)O1. The van der Waals surface area contributed by atoms with E-state index in [4.69, 9.17) is 19.3 Å². The van der Waals surface area contributed by atoms with Crippen molar-refractivity contribution in [3.63, 3.8) is 0 Å². The fourth-order valence-corrected chi connectivity index (χ4v) is 2.05. The van der Waals surface area contributed by atoms with Gasteiger partial charge in [-0.2, -0.15) is 0 Å². The topological polar surface area (TPSA) is 65.0 Å². The van der Waals surface area contributed by atoms with E-state index in [1.54, 1.807) is 14.2 Å². The van der Waals surface area contributed by atoms with Crippen molar-refractivity contribution in [2.75, 3.05) is 14.2 Å². The maximum absolute atomic E-state index is 10.5. The van der Waals surface area contributed by atoms with Crippen LogP contribution in [0.15, 0.2) is 24.3 Å². The summed E-state index contributed by atoms with van der Waals surface area (Å²) < 4.78 is 16.2. The summed E-state index contributed by atoms with van der Waals surface area (Å²) in [5.74, 6) is -1.20. The largest absolute Gasteiger partial charge is 0.481 e. The van der Waals surface area contributed by atoms with E-state index in [2.05, 4.69) is 0 Å². The molecule has 0 bridgehead atoms. The lowest BCUT2D eigenvalue weighted by atomic mass is 10.0. The third-order valence-corrected chi connectivity index (χ3v) is 3.34. The highest BCUT2D eigenvalue weighted by Gasteiger charge is 2.34. The number of carboxylic acids is 1. The number of hydrogen-bond acceptors (Lipinski definition) is 4. The molecule has 0 aliphatic carbocycles. The lowest BCUT2D eigenvalue weighted by Crippen LogP contribution is -2.32. The Hall–Kier alpha value is -1.17. The van der Waals surface area contributed by atoms with Gasteiger partial charge in [-0.15, -0.1) is 0 Å². The summed E-state index contributed by atoms with van der Waals surface area (Å²) in [6, 6.07) is 0. The molecule has 0 fully saturated rings. The molecule has 114 valence electrons. The van der Waals surface area contributed by atoms with E-state index < -0.39 is 11.8 Å². The van der Waals surface area contributed by atoms with Gasteiger partial charge in [-0.3, -0.25) is 4.79 Å². The van der Waals surface area contributed by atoms with Crippen LogP contribution in [0, 0.1) is 5.92 Å². The highest BCUT2D eigenvalue weighted by Crippen LogP contribution is 2.29. The summed E-state index contributed by atoms with van der Waals surface area (Å²) in [5, 5.41) is 8.61. The average molecular weight is 284 g/mol. The molecule has 5 nitrogen and oxygen atoms in total. The molecule has 0 saturated heterocycles. The first-order valence-electron chi connectivity index (χ1n) is 6.85. The average Bonchev–Trinajstić information content (AvgIpc) is 2.85. The van der Waals surface area contributed by atoms with E-state index in [1.807, 2.05) is 31.2 Å². The molecule has 1 heterocycles. The Morgan fingerprint density at radius 3 is 2.85 bits per heavy atom. The van der Waals surface area contributed by atoms with Crippen LogP contribution in [0.1, 0.15) is 32.6 Å². The zero-order valence-corrected chi connectivity index (χ0v) is 12.4. The third-order valence-electron chi connectivity index (χ3n) is 3.34. The summed E-state index contributed by atoms with van der Waals surface area (Å²) in [5.41, 5.74) is 0. The number of rotatable bonds is 9. The fraction of sp³-hybridized carbons (Fsp3) is 0.667. The zero-order valence-electron chi connectivity index (χ0n) is 12.4. The van der Waals surface area contributed by atoms with Crippen LogP contribution in [0.5, 0.6) is 0 Å². The van der Waals surface area contributed by atoms with Gasteiger partial charge in [0.25, 0.3) is 0 Å². The molecule has 5 heteroatoms. The van der Waals surface area contributed by atoms with Gasteiger partial charge in [0, 0.05) is 27.1 Å². The summed E-state index contributed by atoms with van der Waals surface area (Å²) in [7, 11) is 3.20. The van der Waals surface area contributed by atoms with E-state index in [0.29, 0.717) is 12.8 Å². The molecule has 0 saturated carbocycles. The van der Waals surface area contributed by atoms with Crippen LogP contribution < -0.4 is 0 Å². The molecule has 0 aromatic rings. The Kier molecular flexibility index (Phi) is 6.91. The van der Waals surface area contributed by atoms with Crippen LogP contribution in [0.3, 0.4) is 0 Å². The Balaban J connectivity index is 2.32. The molecular formula is C15H24O5. The van der Waals surface area contributed by atoms with Gasteiger partial charge in [-0.1, -0.05) is 19.1 Å². The number of methoxy groups -OCH3 is 2. The summed E-state index contributed by atoms with van der Waals surface area (Å²) in [6.07, 6.45) is 9.80.